The number of nitrogens with zero attached hydrogens (tertiary/aromatic N) is 1. The van der Waals surface area contributed by atoms with E-state index in [1.807, 2.05) is 0 Å². The van der Waals surface area contributed by atoms with E-state index in [4.69, 9.17) is 11.5 Å². The van der Waals surface area contributed by atoms with Crippen molar-refractivity contribution < 1.29 is 19.1 Å². The van der Waals surface area contributed by atoms with Gasteiger partial charge in [-0.25, -0.2) is 4.39 Å². The summed E-state index contributed by atoms with van der Waals surface area (Å²) >= 11 is 0. The lowest BCUT2D eigenvalue weighted by molar-refractivity contribution is -0.122. The van der Waals surface area contributed by atoms with Crippen molar-refractivity contribution in [2.45, 2.75) is 6.54 Å². The van der Waals surface area contributed by atoms with Gasteiger partial charge in [0.25, 0.3) is 0 Å². The van der Waals surface area contributed by atoms with E-state index in [0.717, 1.165) is 12.1 Å². The fraction of sp³-hybridized carbons (Fsp3) is 0.273. The summed E-state index contributed by atoms with van der Waals surface area (Å²) < 4.78 is 13.0. The predicted molar refractivity (Wildman–Crippen MR) is 61.7 cm³/mol. The number of aromatic hydroxyl groups is 1. The molecule has 5 N–H and O–H groups in total. The van der Waals surface area contributed by atoms with Crippen molar-refractivity contribution in [3.05, 3.63) is 29.6 Å². The average molecular weight is 255 g/mol. The Bertz CT molecular complexity index is 449. The third-order valence-corrected chi connectivity index (χ3v) is 2.19. The van der Waals surface area contributed by atoms with Crippen LogP contribution in [0.1, 0.15) is 5.56 Å². The SMILES string of the molecule is NC(=O)CN(CC(N)=O)Cc1cc(F)ccc1O. The maximum atomic E-state index is 13.0. The van der Waals surface area contributed by atoms with E-state index >= 15 is 0 Å². The second-order valence-electron chi connectivity index (χ2n) is 3.85. The fourth-order valence-electron chi connectivity index (χ4n) is 1.53. The van der Waals surface area contributed by atoms with Gasteiger partial charge in [-0.15, -0.1) is 0 Å². The van der Waals surface area contributed by atoms with Gasteiger partial charge in [-0.3, -0.25) is 14.5 Å². The maximum absolute atomic E-state index is 13.0. The van der Waals surface area contributed by atoms with Crippen LogP contribution in [0.4, 0.5) is 4.39 Å². The molecule has 0 heterocycles. The smallest absolute Gasteiger partial charge is 0.231 e. The van der Waals surface area contributed by atoms with Gasteiger partial charge >= 0.3 is 0 Å². The van der Waals surface area contributed by atoms with Crippen LogP contribution in [0, 0.1) is 5.82 Å². The van der Waals surface area contributed by atoms with Gasteiger partial charge in [0.15, 0.2) is 0 Å². The van der Waals surface area contributed by atoms with Crippen molar-refractivity contribution >= 4 is 11.8 Å². The van der Waals surface area contributed by atoms with E-state index < -0.39 is 17.6 Å². The number of benzene rings is 1. The molecule has 2 amide bonds. The molecule has 0 atom stereocenters. The summed E-state index contributed by atoms with van der Waals surface area (Å²) in [4.78, 5) is 23.0. The topological polar surface area (TPSA) is 110 Å². The average Bonchev–Trinajstić information content (AvgIpc) is 2.21. The zero-order valence-electron chi connectivity index (χ0n) is 9.60. The molecule has 0 spiro atoms. The second-order valence-corrected chi connectivity index (χ2v) is 3.85. The van der Waals surface area contributed by atoms with Gasteiger partial charge in [0.05, 0.1) is 13.1 Å². The van der Waals surface area contributed by atoms with Gasteiger partial charge in [0, 0.05) is 12.1 Å². The molecule has 98 valence electrons. The summed E-state index contributed by atoms with van der Waals surface area (Å²) in [6.45, 7) is -0.423. The molecule has 0 aliphatic heterocycles. The molecular weight excluding hydrogens is 241 g/mol. The number of amides is 2. The number of phenolic OH excluding ortho intramolecular Hbond substituents is 1. The Morgan fingerprint density at radius 1 is 1.22 bits per heavy atom. The minimum absolute atomic E-state index is 0.00449. The predicted octanol–water partition coefficient (Wildman–Crippen LogP) is -0.696. The lowest BCUT2D eigenvalue weighted by Crippen LogP contribution is -2.39. The lowest BCUT2D eigenvalue weighted by Gasteiger charge is -2.19. The van der Waals surface area contributed by atoms with E-state index in [2.05, 4.69) is 0 Å². The highest BCUT2D eigenvalue weighted by atomic mass is 19.1. The van der Waals surface area contributed by atoms with Crippen molar-refractivity contribution in [3.63, 3.8) is 0 Å². The Kier molecular flexibility index (Phi) is 4.61. The number of nitrogens with two attached hydrogens (primary N) is 2. The third-order valence-electron chi connectivity index (χ3n) is 2.19. The van der Waals surface area contributed by atoms with Crippen LogP contribution >= 0.6 is 0 Å². The number of hydrogen-bond acceptors (Lipinski definition) is 4. The molecule has 0 bridgehead atoms. The summed E-state index contributed by atoms with van der Waals surface area (Å²) in [7, 11) is 0. The van der Waals surface area contributed by atoms with E-state index in [1.54, 1.807) is 0 Å². The number of carbonyl (C=O) groups excluding carboxylic acids is 2. The molecule has 7 heteroatoms. The fourth-order valence-corrected chi connectivity index (χ4v) is 1.53. The number of primary amides is 2. The van der Waals surface area contributed by atoms with Crippen molar-refractivity contribution in [1.82, 2.24) is 4.90 Å². The molecule has 6 nitrogen and oxygen atoms in total. The quantitative estimate of drug-likeness (QED) is 0.624. The summed E-state index contributed by atoms with van der Waals surface area (Å²) in [5, 5.41) is 9.53. The minimum atomic E-state index is -0.646. The van der Waals surface area contributed by atoms with Crippen LogP contribution in [-0.2, 0) is 16.1 Å². The first-order valence-electron chi connectivity index (χ1n) is 5.15. The number of hydrogen-bond donors (Lipinski definition) is 3. The zero-order valence-corrected chi connectivity index (χ0v) is 9.60. The van der Waals surface area contributed by atoms with Gasteiger partial charge in [-0.1, -0.05) is 0 Å². The number of rotatable bonds is 6. The first kappa shape index (κ1) is 13.9. The molecule has 1 aromatic carbocycles. The molecule has 0 saturated carbocycles. The van der Waals surface area contributed by atoms with E-state index in [9.17, 15) is 19.1 Å². The Balaban J connectivity index is 2.84. The Labute approximate surface area is 103 Å². The van der Waals surface area contributed by atoms with Gasteiger partial charge < -0.3 is 16.6 Å². The summed E-state index contributed by atoms with van der Waals surface area (Å²) in [5.74, 6) is -1.95. The molecule has 0 unspecified atom stereocenters. The van der Waals surface area contributed by atoms with Crippen LogP contribution in [0.25, 0.3) is 0 Å². The number of carbonyl (C=O) groups is 2. The molecule has 1 rings (SSSR count). The van der Waals surface area contributed by atoms with Crippen molar-refractivity contribution in [1.29, 1.82) is 0 Å². The normalized spacial score (nSPS) is 10.6. The molecule has 1 aromatic rings. The second kappa shape index (κ2) is 5.97. The van der Waals surface area contributed by atoms with Crippen molar-refractivity contribution in [2.24, 2.45) is 11.5 Å². The van der Waals surface area contributed by atoms with Crippen LogP contribution in [0.3, 0.4) is 0 Å². The zero-order chi connectivity index (χ0) is 13.7. The molecule has 0 aromatic heterocycles. The molecule has 18 heavy (non-hydrogen) atoms. The highest BCUT2D eigenvalue weighted by Gasteiger charge is 2.14. The molecule has 0 saturated heterocycles. The van der Waals surface area contributed by atoms with Gasteiger partial charge in [0.1, 0.15) is 11.6 Å². The van der Waals surface area contributed by atoms with Gasteiger partial charge in [0.2, 0.25) is 11.8 Å². The highest BCUT2D eigenvalue weighted by molar-refractivity contribution is 5.79. The van der Waals surface area contributed by atoms with Crippen LogP contribution < -0.4 is 11.5 Å². The first-order chi connectivity index (χ1) is 8.38. The third kappa shape index (κ3) is 4.38. The Hall–Kier alpha value is -2.15. The van der Waals surface area contributed by atoms with E-state index in [-0.39, 0.29) is 30.9 Å². The molecule has 0 fully saturated rings. The van der Waals surface area contributed by atoms with E-state index in [0.29, 0.717) is 0 Å². The first-order valence-corrected chi connectivity index (χ1v) is 5.15. The van der Waals surface area contributed by atoms with Crippen LogP contribution in [0.5, 0.6) is 5.75 Å². The highest BCUT2D eigenvalue weighted by Crippen LogP contribution is 2.19. The van der Waals surface area contributed by atoms with Crippen molar-refractivity contribution in [3.8, 4) is 5.75 Å². The number of phenols is 1. The summed E-state index contributed by atoms with van der Waals surface area (Å²) in [5.41, 5.74) is 10.3. The van der Waals surface area contributed by atoms with Gasteiger partial charge in [-0.2, -0.15) is 0 Å². The molecule has 0 radical (unpaired) electrons. The minimum Gasteiger partial charge on any atom is -0.508 e. The number of halogens is 1. The van der Waals surface area contributed by atoms with Gasteiger partial charge in [-0.05, 0) is 18.2 Å². The summed E-state index contributed by atoms with van der Waals surface area (Å²) in [6.07, 6.45) is 0. The van der Waals surface area contributed by atoms with Crippen LogP contribution in [-0.4, -0.2) is 34.9 Å². The monoisotopic (exact) mass is 255 g/mol. The largest absolute Gasteiger partial charge is 0.508 e. The Morgan fingerprint density at radius 3 is 2.28 bits per heavy atom. The maximum Gasteiger partial charge on any atom is 0.231 e. The van der Waals surface area contributed by atoms with Crippen molar-refractivity contribution in [2.75, 3.05) is 13.1 Å². The molecule has 0 aliphatic carbocycles. The summed E-state index contributed by atoms with van der Waals surface area (Å²) in [6, 6.07) is 3.41. The molecule has 0 aliphatic rings. The lowest BCUT2D eigenvalue weighted by atomic mass is 10.2. The van der Waals surface area contributed by atoms with E-state index in [1.165, 1.54) is 11.0 Å². The molecular formula is C11H14FN3O3. The Morgan fingerprint density at radius 2 is 1.78 bits per heavy atom. The standard InChI is InChI=1S/C11H14FN3O3/c12-8-1-2-9(16)7(3-8)4-15(5-10(13)17)6-11(14)18/h1-3,16H,4-6H2,(H2,13,17)(H2,14,18). The van der Waals surface area contributed by atoms with Crippen LogP contribution in [0.2, 0.25) is 0 Å². The van der Waals surface area contributed by atoms with Crippen LogP contribution in [0.15, 0.2) is 18.2 Å².